The number of hydrogen-bond donors (Lipinski definition) is 0. The van der Waals surface area contributed by atoms with Crippen LogP contribution in [-0.4, -0.2) is 39.9 Å². The minimum Gasteiger partial charge on any atom is -0.295 e. The first-order valence-electron chi connectivity index (χ1n) is 9.19. The Morgan fingerprint density at radius 1 is 0.552 bits per heavy atom. The Labute approximate surface area is 180 Å². The predicted octanol–water partition coefficient (Wildman–Crippen LogP) is 6.50. The summed E-state index contributed by atoms with van der Waals surface area (Å²) in [6.45, 7) is 3.93. The third-order valence-electron chi connectivity index (χ3n) is 4.23. The highest BCUT2D eigenvalue weighted by molar-refractivity contribution is 8.41. The molecule has 9 heteroatoms. The molecule has 2 rings (SSSR count). The average Bonchev–Trinajstić information content (AvgIpc) is 2.81. The van der Waals surface area contributed by atoms with Crippen LogP contribution in [0.2, 0.25) is 0 Å². The third-order valence-corrected chi connectivity index (χ3v) is 12.7. The van der Waals surface area contributed by atoms with Gasteiger partial charge in [0.05, 0.1) is 38.2 Å². The molecule has 0 bridgehead atoms. The van der Waals surface area contributed by atoms with Gasteiger partial charge in [-0.2, -0.15) is 7.26 Å². The molecule has 0 fully saturated rings. The monoisotopic (exact) mass is 464 g/mol. The number of hydrogen-bond acceptors (Lipinski definition) is 6. The molecule has 0 atom stereocenters. The van der Waals surface area contributed by atoms with Crippen LogP contribution in [0.15, 0.2) is 70.5 Å². The molecule has 0 spiro atoms. The van der Waals surface area contributed by atoms with Gasteiger partial charge >= 0.3 is 0 Å². The first kappa shape index (κ1) is 24.5. The molecule has 0 aliphatic rings. The minimum absolute atomic E-state index is 0.534. The lowest BCUT2D eigenvalue weighted by Crippen LogP contribution is -2.21. The Morgan fingerprint density at radius 3 is 1.10 bits per heavy atom. The van der Waals surface area contributed by atoms with Crippen LogP contribution in [0.1, 0.15) is 13.8 Å². The average molecular weight is 465 g/mol. The zero-order chi connectivity index (χ0) is 21.4. The van der Waals surface area contributed by atoms with Gasteiger partial charge in [-0.25, -0.2) is 0 Å². The SMILES string of the molecule is CCS(OC)(OC)OS(OS(CC)(OC)OC)(c1ccccc1)c1ccccc1. The summed E-state index contributed by atoms with van der Waals surface area (Å²) in [5.41, 5.74) is 0. The second-order valence-corrected chi connectivity index (χ2v) is 13.4. The molecule has 0 saturated heterocycles. The predicted molar refractivity (Wildman–Crippen MR) is 123 cm³/mol. The van der Waals surface area contributed by atoms with Gasteiger partial charge in [0.1, 0.15) is 21.7 Å². The van der Waals surface area contributed by atoms with E-state index in [2.05, 4.69) is 0 Å². The van der Waals surface area contributed by atoms with Crippen LogP contribution in [0.3, 0.4) is 0 Å². The van der Waals surface area contributed by atoms with E-state index in [4.69, 9.17) is 24.0 Å². The van der Waals surface area contributed by atoms with E-state index in [1.807, 2.05) is 74.5 Å². The molecule has 0 radical (unpaired) electrons. The fraction of sp³-hybridized carbons (Fsp3) is 0.400. The van der Waals surface area contributed by atoms with E-state index in [1.165, 1.54) is 0 Å². The Bertz CT molecular complexity index is 643. The quantitative estimate of drug-likeness (QED) is 0.357. The number of benzene rings is 2. The molecule has 0 amide bonds. The van der Waals surface area contributed by atoms with Crippen molar-refractivity contribution in [2.24, 2.45) is 0 Å². The summed E-state index contributed by atoms with van der Waals surface area (Å²) in [6, 6.07) is 19.7. The summed E-state index contributed by atoms with van der Waals surface area (Å²) in [4.78, 5) is 1.73. The standard InChI is InChI=1S/C20H32O6S3/c1-7-27(21-3,22-4)25-29(19-15-11-9-12-16-19,20-17-13-10-14-18-20)26-28(8-2,23-5)24-6/h9-18H,7-8H2,1-6H3. The van der Waals surface area contributed by atoms with E-state index in [-0.39, 0.29) is 0 Å². The maximum atomic E-state index is 6.77. The summed E-state index contributed by atoms with van der Waals surface area (Å²) in [5, 5.41) is 0. The Balaban J connectivity index is 2.78. The van der Waals surface area contributed by atoms with Crippen molar-refractivity contribution >= 4 is 32.3 Å². The summed E-state index contributed by atoms with van der Waals surface area (Å²) < 4.78 is 36.6. The van der Waals surface area contributed by atoms with Crippen molar-refractivity contribution in [2.45, 2.75) is 23.6 Å². The van der Waals surface area contributed by atoms with Gasteiger partial charge in [-0.05, 0) is 24.3 Å². The highest BCUT2D eigenvalue weighted by atomic mass is 32.4. The second kappa shape index (κ2) is 11.0. The zero-order valence-electron chi connectivity index (χ0n) is 17.9. The second-order valence-electron chi connectivity index (χ2n) is 5.62. The maximum absolute atomic E-state index is 6.77. The van der Waals surface area contributed by atoms with Crippen molar-refractivity contribution < 1.29 is 24.0 Å². The van der Waals surface area contributed by atoms with Crippen LogP contribution < -0.4 is 0 Å². The molecule has 29 heavy (non-hydrogen) atoms. The van der Waals surface area contributed by atoms with Gasteiger partial charge in [0.25, 0.3) is 0 Å². The molecule has 0 aliphatic carbocycles. The lowest BCUT2D eigenvalue weighted by molar-refractivity contribution is 0.270. The largest absolute Gasteiger partial charge is 0.295 e. The topological polar surface area (TPSA) is 55.4 Å². The van der Waals surface area contributed by atoms with Crippen molar-refractivity contribution in [3.63, 3.8) is 0 Å². The minimum atomic E-state index is -2.57. The third kappa shape index (κ3) is 5.30. The van der Waals surface area contributed by atoms with E-state index >= 15 is 0 Å². The van der Waals surface area contributed by atoms with Gasteiger partial charge in [0, 0.05) is 11.5 Å². The van der Waals surface area contributed by atoms with Gasteiger partial charge < -0.3 is 0 Å². The summed E-state index contributed by atoms with van der Waals surface area (Å²) in [7, 11) is -0.892. The smallest absolute Gasteiger partial charge is 0.110 e. The van der Waals surface area contributed by atoms with Crippen molar-refractivity contribution in [3.05, 3.63) is 60.7 Å². The Kier molecular flexibility index (Phi) is 9.33. The van der Waals surface area contributed by atoms with Crippen LogP contribution >= 0.6 is 32.3 Å². The Hall–Kier alpha value is -0.750. The molecule has 2 aromatic rings. The summed E-state index contributed by atoms with van der Waals surface area (Å²) in [6.07, 6.45) is 0. The molecule has 0 N–H and O–H groups in total. The van der Waals surface area contributed by atoms with Gasteiger partial charge in [0.15, 0.2) is 0 Å². The maximum Gasteiger partial charge on any atom is 0.110 e. The van der Waals surface area contributed by atoms with Crippen LogP contribution in [0.4, 0.5) is 0 Å². The van der Waals surface area contributed by atoms with Crippen LogP contribution in [-0.2, 0) is 24.0 Å². The fourth-order valence-electron chi connectivity index (χ4n) is 2.61. The molecule has 0 unspecified atom stereocenters. The summed E-state index contributed by atoms with van der Waals surface area (Å²) in [5.74, 6) is 1.07. The van der Waals surface area contributed by atoms with Gasteiger partial charge in [-0.1, -0.05) is 50.2 Å². The Morgan fingerprint density at radius 2 is 0.862 bits per heavy atom. The van der Waals surface area contributed by atoms with Crippen molar-refractivity contribution in [1.82, 2.24) is 0 Å². The molecule has 166 valence electrons. The molecule has 0 heterocycles. The lowest BCUT2D eigenvalue weighted by atomic mass is 10.4. The van der Waals surface area contributed by atoms with Gasteiger partial charge in [0.2, 0.25) is 0 Å². The molecule has 0 saturated carbocycles. The first-order valence-corrected chi connectivity index (χ1v) is 13.8. The van der Waals surface area contributed by atoms with Crippen molar-refractivity contribution in [1.29, 1.82) is 0 Å². The van der Waals surface area contributed by atoms with E-state index in [0.717, 1.165) is 9.79 Å². The molecule has 0 aliphatic heterocycles. The van der Waals surface area contributed by atoms with E-state index in [9.17, 15) is 0 Å². The molecular formula is C20H32O6S3. The lowest BCUT2D eigenvalue weighted by Gasteiger charge is -2.52. The fourth-order valence-corrected chi connectivity index (χ4v) is 10.7. The van der Waals surface area contributed by atoms with Gasteiger partial charge in [-0.3, -0.25) is 16.7 Å². The van der Waals surface area contributed by atoms with Crippen LogP contribution in [0.5, 0.6) is 0 Å². The normalized spacial score (nSPS) is 14.6. The highest BCUT2D eigenvalue weighted by Gasteiger charge is 2.42. The van der Waals surface area contributed by atoms with Crippen molar-refractivity contribution in [3.8, 4) is 0 Å². The van der Waals surface area contributed by atoms with Crippen LogP contribution in [0, 0.1) is 0 Å². The molecule has 2 aromatic carbocycles. The first-order chi connectivity index (χ1) is 14.0. The molecule has 0 aromatic heterocycles. The van der Waals surface area contributed by atoms with E-state index in [1.54, 1.807) is 28.4 Å². The summed E-state index contributed by atoms with van der Waals surface area (Å²) >= 11 is 0. The van der Waals surface area contributed by atoms with Gasteiger partial charge in [-0.15, -0.1) is 10.6 Å². The van der Waals surface area contributed by atoms with E-state index in [0.29, 0.717) is 11.5 Å². The highest BCUT2D eigenvalue weighted by Crippen LogP contribution is 2.78. The van der Waals surface area contributed by atoms with E-state index < -0.39 is 32.3 Å². The zero-order valence-corrected chi connectivity index (χ0v) is 20.3. The molecule has 6 nitrogen and oxygen atoms in total. The van der Waals surface area contributed by atoms with Crippen molar-refractivity contribution in [2.75, 3.05) is 39.9 Å². The number of rotatable bonds is 12. The van der Waals surface area contributed by atoms with Crippen LogP contribution in [0.25, 0.3) is 0 Å². The molecular weight excluding hydrogens is 432 g/mol.